The van der Waals surface area contributed by atoms with Crippen LogP contribution in [0.5, 0.6) is 5.75 Å². The van der Waals surface area contributed by atoms with Gasteiger partial charge in [0.1, 0.15) is 5.75 Å². The zero-order valence-corrected chi connectivity index (χ0v) is 11.7. The number of nitrogens with zero attached hydrogens (tertiary/aromatic N) is 2. The van der Waals surface area contributed by atoms with Crippen LogP contribution >= 0.6 is 0 Å². The van der Waals surface area contributed by atoms with Crippen LogP contribution in [0.25, 0.3) is 0 Å². The van der Waals surface area contributed by atoms with Crippen molar-refractivity contribution in [3.63, 3.8) is 0 Å². The summed E-state index contributed by atoms with van der Waals surface area (Å²) < 4.78 is 7.15. The van der Waals surface area contributed by atoms with E-state index in [-0.39, 0.29) is 11.7 Å². The first kappa shape index (κ1) is 14.3. The molecule has 106 valence electrons. The van der Waals surface area contributed by atoms with Crippen LogP contribution in [0.3, 0.4) is 0 Å². The summed E-state index contributed by atoms with van der Waals surface area (Å²) in [6, 6.07) is 7.51. The molecule has 0 aliphatic rings. The first-order valence-electron chi connectivity index (χ1n) is 6.64. The molecule has 5 nitrogen and oxygen atoms in total. The molecule has 2 rings (SSSR count). The Morgan fingerprint density at radius 1 is 1.45 bits per heavy atom. The van der Waals surface area contributed by atoms with Gasteiger partial charge in [0.05, 0.1) is 13.2 Å². The summed E-state index contributed by atoms with van der Waals surface area (Å²) >= 11 is 0. The normalized spacial score (nSPS) is 12.2. The minimum absolute atomic E-state index is 0.0601. The second-order valence-corrected chi connectivity index (χ2v) is 4.62. The largest absolute Gasteiger partial charge is 0.494 e. The summed E-state index contributed by atoms with van der Waals surface area (Å²) in [6.45, 7) is 4.85. The maximum Gasteiger partial charge on any atom is 0.347 e. The SMILES string of the molecule is CCOc1ccc(C(C)N)cc1Cn1cccnc1=O. The van der Waals surface area contributed by atoms with E-state index in [1.807, 2.05) is 32.0 Å². The van der Waals surface area contributed by atoms with Gasteiger partial charge in [-0.3, -0.25) is 4.57 Å². The van der Waals surface area contributed by atoms with Crippen LogP contribution in [0.4, 0.5) is 0 Å². The zero-order chi connectivity index (χ0) is 14.5. The molecule has 2 N–H and O–H groups in total. The Bertz CT molecular complexity index is 635. The molecule has 0 spiro atoms. The highest BCUT2D eigenvalue weighted by Crippen LogP contribution is 2.23. The third kappa shape index (κ3) is 3.24. The van der Waals surface area contributed by atoms with Crippen LogP contribution in [-0.2, 0) is 6.54 Å². The monoisotopic (exact) mass is 273 g/mol. The summed E-state index contributed by atoms with van der Waals surface area (Å²) in [6.07, 6.45) is 3.20. The average molecular weight is 273 g/mol. The lowest BCUT2D eigenvalue weighted by Gasteiger charge is -2.14. The number of benzene rings is 1. The van der Waals surface area contributed by atoms with Crippen LogP contribution in [0.2, 0.25) is 0 Å². The molecular weight excluding hydrogens is 254 g/mol. The van der Waals surface area contributed by atoms with E-state index in [0.29, 0.717) is 13.2 Å². The van der Waals surface area contributed by atoms with Gasteiger partial charge in [-0.05, 0) is 37.6 Å². The number of aromatic nitrogens is 2. The molecule has 0 bridgehead atoms. The molecular formula is C15H19N3O2. The summed E-state index contributed by atoms with van der Waals surface area (Å²) in [4.78, 5) is 15.4. The fourth-order valence-corrected chi connectivity index (χ4v) is 1.99. The van der Waals surface area contributed by atoms with Gasteiger partial charge in [-0.1, -0.05) is 6.07 Å². The predicted molar refractivity (Wildman–Crippen MR) is 77.8 cm³/mol. The lowest BCUT2D eigenvalue weighted by Crippen LogP contribution is -2.22. The van der Waals surface area contributed by atoms with E-state index in [2.05, 4.69) is 4.98 Å². The average Bonchev–Trinajstić information content (AvgIpc) is 2.43. The van der Waals surface area contributed by atoms with E-state index < -0.39 is 0 Å². The van der Waals surface area contributed by atoms with Crippen LogP contribution < -0.4 is 16.2 Å². The van der Waals surface area contributed by atoms with Gasteiger partial charge in [-0.2, -0.15) is 0 Å². The molecule has 2 aromatic rings. The third-order valence-corrected chi connectivity index (χ3v) is 3.03. The van der Waals surface area contributed by atoms with Crippen molar-refractivity contribution < 1.29 is 4.74 Å². The Kier molecular flexibility index (Phi) is 4.53. The van der Waals surface area contributed by atoms with Crippen molar-refractivity contribution in [2.24, 2.45) is 5.73 Å². The molecule has 1 atom stereocenters. The van der Waals surface area contributed by atoms with Crippen molar-refractivity contribution in [1.29, 1.82) is 0 Å². The van der Waals surface area contributed by atoms with Gasteiger partial charge < -0.3 is 10.5 Å². The Morgan fingerprint density at radius 2 is 2.25 bits per heavy atom. The van der Waals surface area contributed by atoms with Crippen molar-refractivity contribution in [2.45, 2.75) is 26.4 Å². The zero-order valence-electron chi connectivity index (χ0n) is 11.7. The molecule has 0 saturated heterocycles. The molecule has 1 heterocycles. The van der Waals surface area contributed by atoms with Gasteiger partial charge in [-0.25, -0.2) is 9.78 Å². The lowest BCUT2D eigenvalue weighted by molar-refractivity contribution is 0.335. The minimum Gasteiger partial charge on any atom is -0.494 e. The van der Waals surface area contributed by atoms with E-state index in [9.17, 15) is 4.79 Å². The maximum atomic E-state index is 11.7. The van der Waals surface area contributed by atoms with Crippen molar-refractivity contribution in [1.82, 2.24) is 9.55 Å². The molecule has 0 radical (unpaired) electrons. The molecule has 20 heavy (non-hydrogen) atoms. The van der Waals surface area contributed by atoms with Crippen molar-refractivity contribution in [3.8, 4) is 5.75 Å². The smallest absolute Gasteiger partial charge is 0.347 e. The summed E-state index contributed by atoms with van der Waals surface area (Å²) in [7, 11) is 0. The van der Waals surface area contributed by atoms with Crippen LogP contribution in [-0.4, -0.2) is 16.2 Å². The van der Waals surface area contributed by atoms with E-state index in [4.69, 9.17) is 10.5 Å². The molecule has 0 saturated carbocycles. The summed E-state index contributed by atoms with van der Waals surface area (Å²) in [5, 5.41) is 0. The van der Waals surface area contributed by atoms with Gasteiger partial charge in [0.15, 0.2) is 0 Å². The fraction of sp³-hybridized carbons (Fsp3) is 0.333. The highest BCUT2D eigenvalue weighted by Gasteiger charge is 2.09. The van der Waals surface area contributed by atoms with Gasteiger partial charge in [0, 0.05) is 24.0 Å². The van der Waals surface area contributed by atoms with Crippen molar-refractivity contribution in [3.05, 3.63) is 58.3 Å². The topological polar surface area (TPSA) is 70.1 Å². The number of hydrogen-bond acceptors (Lipinski definition) is 4. The van der Waals surface area contributed by atoms with Gasteiger partial charge in [-0.15, -0.1) is 0 Å². The highest BCUT2D eigenvalue weighted by molar-refractivity contribution is 5.38. The van der Waals surface area contributed by atoms with Crippen molar-refractivity contribution in [2.75, 3.05) is 6.61 Å². The molecule has 0 aliphatic carbocycles. The minimum atomic E-state index is -0.277. The van der Waals surface area contributed by atoms with Crippen LogP contribution in [0.15, 0.2) is 41.5 Å². The standard InChI is InChI=1S/C15H19N3O2/c1-3-20-14-6-5-12(11(2)16)9-13(14)10-18-8-4-7-17-15(18)19/h4-9,11H,3,10,16H2,1-2H3. The molecule has 0 aliphatic heterocycles. The molecule has 1 aromatic carbocycles. The van der Waals surface area contributed by atoms with Gasteiger partial charge in [0.2, 0.25) is 0 Å². The first-order chi connectivity index (χ1) is 9.61. The second-order valence-electron chi connectivity index (χ2n) is 4.62. The Labute approximate surface area is 118 Å². The molecule has 0 amide bonds. The van der Waals surface area contributed by atoms with E-state index in [1.165, 1.54) is 6.20 Å². The highest BCUT2D eigenvalue weighted by atomic mass is 16.5. The van der Waals surface area contributed by atoms with Crippen LogP contribution in [0, 0.1) is 0 Å². The van der Waals surface area contributed by atoms with E-state index >= 15 is 0 Å². The quantitative estimate of drug-likeness (QED) is 0.900. The third-order valence-electron chi connectivity index (χ3n) is 3.03. The van der Waals surface area contributed by atoms with Crippen molar-refractivity contribution >= 4 is 0 Å². The Morgan fingerprint density at radius 3 is 2.90 bits per heavy atom. The maximum absolute atomic E-state index is 11.7. The molecule has 0 fully saturated rings. The first-order valence-corrected chi connectivity index (χ1v) is 6.64. The van der Waals surface area contributed by atoms with Gasteiger partial charge >= 0.3 is 5.69 Å². The second kappa shape index (κ2) is 6.34. The molecule has 5 heteroatoms. The summed E-state index contributed by atoms with van der Waals surface area (Å²) in [5.74, 6) is 0.771. The number of nitrogens with two attached hydrogens (primary N) is 1. The lowest BCUT2D eigenvalue weighted by atomic mass is 10.0. The van der Waals surface area contributed by atoms with E-state index in [1.54, 1.807) is 16.8 Å². The molecule has 1 aromatic heterocycles. The van der Waals surface area contributed by atoms with Crippen LogP contribution in [0.1, 0.15) is 31.0 Å². The number of ether oxygens (including phenoxy) is 1. The Hall–Kier alpha value is -2.14. The predicted octanol–water partition coefficient (Wildman–Crippen LogP) is 1.71. The fourth-order valence-electron chi connectivity index (χ4n) is 1.99. The number of hydrogen-bond donors (Lipinski definition) is 1. The summed E-state index contributed by atoms with van der Waals surface area (Å²) in [5.41, 5.74) is 7.57. The van der Waals surface area contributed by atoms with E-state index in [0.717, 1.165) is 16.9 Å². The number of rotatable bonds is 5. The Balaban J connectivity index is 2.39. The molecule has 1 unspecified atom stereocenters. The van der Waals surface area contributed by atoms with Gasteiger partial charge in [0.25, 0.3) is 0 Å².